The summed E-state index contributed by atoms with van der Waals surface area (Å²) in [7, 11) is 0. The Balaban J connectivity index is 1.71. The molecule has 0 saturated carbocycles. The Morgan fingerprint density at radius 3 is 1.54 bits per heavy atom. The normalized spacial score (nSPS) is 11.0. The number of benzene rings is 2. The summed E-state index contributed by atoms with van der Waals surface area (Å²) < 4.78 is 26.7. The first-order valence-corrected chi connectivity index (χ1v) is 7.69. The second-order valence-electron chi connectivity index (χ2n) is 5.13. The third-order valence-corrected chi connectivity index (χ3v) is 3.18. The van der Waals surface area contributed by atoms with Crippen LogP contribution in [0.15, 0.2) is 58.7 Å². The van der Waals surface area contributed by atoms with Crippen LogP contribution < -0.4 is 10.9 Å². The SMILES string of the molecule is O=C(CCC(=O)N/N=C/c1ccccc1F)N/N=C/c1ccccc1F. The van der Waals surface area contributed by atoms with E-state index in [9.17, 15) is 18.4 Å². The van der Waals surface area contributed by atoms with Crippen LogP contribution in [0, 0.1) is 11.6 Å². The van der Waals surface area contributed by atoms with Crippen molar-refractivity contribution in [3.63, 3.8) is 0 Å². The maximum atomic E-state index is 13.3. The van der Waals surface area contributed by atoms with Crippen LogP contribution in [0.4, 0.5) is 8.78 Å². The molecule has 0 aliphatic carbocycles. The fraction of sp³-hybridized carbons (Fsp3) is 0.111. The van der Waals surface area contributed by atoms with Crippen molar-refractivity contribution in [1.82, 2.24) is 10.9 Å². The average molecular weight is 358 g/mol. The van der Waals surface area contributed by atoms with E-state index in [0.717, 1.165) is 0 Å². The number of halogens is 2. The zero-order chi connectivity index (χ0) is 18.8. The van der Waals surface area contributed by atoms with E-state index in [4.69, 9.17) is 0 Å². The molecule has 2 aromatic carbocycles. The van der Waals surface area contributed by atoms with Crippen LogP contribution in [0.3, 0.4) is 0 Å². The lowest BCUT2D eigenvalue weighted by atomic mass is 10.2. The van der Waals surface area contributed by atoms with Crippen molar-refractivity contribution in [2.45, 2.75) is 12.8 Å². The number of hydrazone groups is 2. The molecule has 8 heteroatoms. The molecule has 2 amide bonds. The predicted octanol–water partition coefficient (Wildman–Crippen LogP) is 2.35. The van der Waals surface area contributed by atoms with Gasteiger partial charge in [0.1, 0.15) is 11.6 Å². The largest absolute Gasteiger partial charge is 0.273 e. The molecule has 0 saturated heterocycles. The predicted molar refractivity (Wildman–Crippen MR) is 93.5 cm³/mol. The molecule has 0 heterocycles. The Morgan fingerprint density at radius 2 is 1.15 bits per heavy atom. The minimum atomic E-state index is -0.508. The van der Waals surface area contributed by atoms with Gasteiger partial charge in [0.2, 0.25) is 11.8 Å². The van der Waals surface area contributed by atoms with Gasteiger partial charge in [-0.05, 0) is 12.1 Å². The zero-order valence-corrected chi connectivity index (χ0v) is 13.7. The maximum absolute atomic E-state index is 13.3. The highest BCUT2D eigenvalue weighted by Gasteiger charge is 2.05. The third-order valence-electron chi connectivity index (χ3n) is 3.18. The zero-order valence-electron chi connectivity index (χ0n) is 13.7. The van der Waals surface area contributed by atoms with Crippen LogP contribution in [-0.2, 0) is 9.59 Å². The minimum Gasteiger partial charge on any atom is -0.273 e. The molecule has 0 atom stereocenters. The van der Waals surface area contributed by atoms with Gasteiger partial charge in [0.15, 0.2) is 0 Å². The van der Waals surface area contributed by atoms with Gasteiger partial charge in [0.25, 0.3) is 0 Å². The van der Waals surface area contributed by atoms with E-state index in [-0.39, 0.29) is 24.0 Å². The van der Waals surface area contributed by atoms with Gasteiger partial charge in [-0.2, -0.15) is 10.2 Å². The summed E-state index contributed by atoms with van der Waals surface area (Å²) >= 11 is 0. The van der Waals surface area contributed by atoms with Crippen LogP contribution >= 0.6 is 0 Å². The number of rotatable bonds is 7. The second-order valence-corrected chi connectivity index (χ2v) is 5.13. The number of hydrogen-bond acceptors (Lipinski definition) is 4. The van der Waals surface area contributed by atoms with Crippen LogP contribution in [0.25, 0.3) is 0 Å². The molecule has 0 spiro atoms. The highest BCUT2D eigenvalue weighted by molar-refractivity contribution is 5.86. The highest BCUT2D eigenvalue weighted by atomic mass is 19.1. The fourth-order valence-corrected chi connectivity index (χ4v) is 1.85. The Hall–Kier alpha value is -3.42. The molecule has 0 fully saturated rings. The Kier molecular flexibility index (Phi) is 7.11. The lowest BCUT2D eigenvalue weighted by molar-refractivity contribution is -0.126. The van der Waals surface area contributed by atoms with Crippen LogP contribution in [0.1, 0.15) is 24.0 Å². The molecule has 6 nitrogen and oxygen atoms in total. The summed E-state index contributed by atoms with van der Waals surface area (Å²) in [5.41, 5.74) is 4.86. The summed E-state index contributed by atoms with van der Waals surface area (Å²) in [4.78, 5) is 23.2. The van der Waals surface area contributed by atoms with Gasteiger partial charge >= 0.3 is 0 Å². The fourth-order valence-electron chi connectivity index (χ4n) is 1.85. The van der Waals surface area contributed by atoms with Crippen molar-refractivity contribution in [1.29, 1.82) is 0 Å². The molecular weight excluding hydrogens is 342 g/mol. The van der Waals surface area contributed by atoms with Gasteiger partial charge < -0.3 is 0 Å². The first-order chi connectivity index (χ1) is 12.6. The lowest BCUT2D eigenvalue weighted by Crippen LogP contribution is -2.23. The summed E-state index contributed by atoms with van der Waals surface area (Å²) in [6.45, 7) is 0. The molecule has 0 radical (unpaired) electrons. The highest BCUT2D eigenvalue weighted by Crippen LogP contribution is 2.03. The van der Waals surface area contributed by atoms with Crippen molar-refractivity contribution in [2.24, 2.45) is 10.2 Å². The maximum Gasteiger partial charge on any atom is 0.240 e. The van der Waals surface area contributed by atoms with E-state index in [1.165, 1.54) is 36.7 Å². The van der Waals surface area contributed by atoms with Crippen molar-refractivity contribution in [3.8, 4) is 0 Å². The Bertz CT molecular complexity index is 768. The van der Waals surface area contributed by atoms with Gasteiger partial charge in [0, 0.05) is 24.0 Å². The summed E-state index contributed by atoms with van der Waals surface area (Å²) in [6, 6.07) is 11.9. The van der Waals surface area contributed by atoms with E-state index >= 15 is 0 Å². The number of hydrogen-bond donors (Lipinski definition) is 2. The van der Waals surface area contributed by atoms with E-state index in [2.05, 4.69) is 21.1 Å². The van der Waals surface area contributed by atoms with Crippen molar-refractivity contribution in [2.75, 3.05) is 0 Å². The van der Waals surface area contributed by atoms with Gasteiger partial charge in [-0.15, -0.1) is 0 Å². The quantitative estimate of drug-likeness (QED) is 0.588. The monoisotopic (exact) mass is 358 g/mol. The van der Waals surface area contributed by atoms with Gasteiger partial charge in [-0.3, -0.25) is 9.59 Å². The first kappa shape index (κ1) is 18.9. The Morgan fingerprint density at radius 1 is 0.769 bits per heavy atom. The van der Waals surface area contributed by atoms with Crippen molar-refractivity contribution in [3.05, 3.63) is 71.3 Å². The molecule has 0 aromatic heterocycles. The first-order valence-electron chi connectivity index (χ1n) is 7.69. The smallest absolute Gasteiger partial charge is 0.240 e. The van der Waals surface area contributed by atoms with Gasteiger partial charge in [0.05, 0.1) is 12.4 Å². The number of amides is 2. The molecule has 2 rings (SSSR count). The molecule has 26 heavy (non-hydrogen) atoms. The van der Waals surface area contributed by atoms with E-state index in [1.807, 2.05) is 0 Å². The summed E-state index contributed by atoms with van der Waals surface area (Å²) in [6.07, 6.45) is 2.09. The summed E-state index contributed by atoms with van der Waals surface area (Å²) in [5, 5.41) is 7.25. The van der Waals surface area contributed by atoms with E-state index in [0.29, 0.717) is 0 Å². The third kappa shape index (κ3) is 6.23. The summed E-state index contributed by atoms with van der Waals surface area (Å²) in [5.74, 6) is -1.94. The van der Waals surface area contributed by atoms with Gasteiger partial charge in [-0.25, -0.2) is 19.6 Å². The molecule has 0 aliphatic rings. The Labute approximate surface area is 148 Å². The molecule has 134 valence electrons. The lowest BCUT2D eigenvalue weighted by Gasteiger charge is -2.00. The van der Waals surface area contributed by atoms with Crippen molar-refractivity contribution < 1.29 is 18.4 Å². The number of nitrogens with zero attached hydrogens (tertiary/aromatic N) is 2. The molecule has 0 bridgehead atoms. The number of nitrogens with one attached hydrogen (secondary N) is 2. The number of carbonyl (C=O) groups excluding carboxylic acids is 2. The number of carbonyl (C=O) groups is 2. The van der Waals surface area contributed by atoms with E-state index < -0.39 is 23.4 Å². The van der Waals surface area contributed by atoms with Crippen LogP contribution in [0.2, 0.25) is 0 Å². The van der Waals surface area contributed by atoms with E-state index in [1.54, 1.807) is 24.3 Å². The van der Waals surface area contributed by atoms with Crippen LogP contribution in [-0.4, -0.2) is 24.2 Å². The molecular formula is C18H16F2N4O2. The van der Waals surface area contributed by atoms with Crippen LogP contribution in [0.5, 0.6) is 0 Å². The standard InChI is InChI=1S/C18H16F2N4O2/c19-15-7-3-1-5-13(15)11-21-23-17(25)9-10-18(26)24-22-12-14-6-2-4-8-16(14)20/h1-8,11-12H,9-10H2,(H,23,25)(H,24,26)/b21-11+,22-12+. The second kappa shape index (κ2) is 9.77. The minimum absolute atomic E-state index is 0.129. The molecule has 2 aromatic rings. The molecule has 0 unspecified atom stereocenters. The molecule has 0 aliphatic heterocycles. The molecule has 2 N–H and O–H groups in total. The average Bonchev–Trinajstić information content (AvgIpc) is 2.63. The topological polar surface area (TPSA) is 82.9 Å². The van der Waals surface area contributed by atoms with Crippen molar-refractivity contribution >= 4 is 24.2 Å². The van der Waals surface area contributed by atoms with Gasteiger partial charge in [-0.1, -0.05) is 36.4 Å².